The van der Waals surface area contributed by atoms with Crippen molar-refractivity contribution < 1.29 is 13.2 Å². The molecule has 1 aromatic carbocycles. The number of anilines is 1. The number of hydrogen-bond acceptors (Lipinski definition) is 3. The molecule has 1 aromatic rings. The normalized spacial score (nSPS) is 15.1. The van der Waals surface area contributed by atoms with Gasteiger partial charge in [0.25, 0.3) is 0 Å². The monoisotopic (exact) mass is 211 g/mol. The molecule has 2 rings (SSSR count). The van der Waals surface area contributed by atoms with Crippen LogP contribution in [0.1, 0.15) is 5.56 Å². The van der Waals surface area contributed by atoms with Gasteiger partial charge in [0.15, 0.2) is 9.84 Å². The second-order valence-electron chi connectivity index (χ2n) is 3.28. The predicted molar refractivity (Wildman–Crippen MR) is 51.9 cm³/mol. The topological polar surface area (TPSA) is 63.2 Å². The molecule has 4 nitrogen and oxygen atoms in total. The highest BCUT2D eigenvalue weighted by molar-refractivity contribution is 7.90. The Bertz CT molecular complexity index is 505. The van der Waals surface area contributed by atoms with Gasteiger partial charge in [0.2, 0.25) is 5.91 Å². The van der Waals surface area contributed by atoms with Gasteiger partial charge in [0.1, 0.15) is 0 Å². The summed E-state index contributed by atoms with van der Waals surface area (Å²) < 4.78 is 22.7. The Morgan fingerprint density at radius 3 is 2.71 bits per heavy atom. The summed E-state index contributed by atoms with van der Waals surface area (Å²) in [5, 5.41) is 2.61. The van der Waals surface area contributed by atoms with E-state index in [9.17, 15) is 13.2 Å². The second kappa shape index (κ2) is 2.81. The Kier molecular flexibility index (Phi) is 1.85. The van der Waals surface area contributed by atoms with Crippen molar-refractivity contribution in [1.29, 1.82) is 0 Å². The third kappa shape index (κ3) is 1.39. The lowest BCUT2D eigenvalue weighted by Gasteiger charge is -2.03. The van der Waals surface area contributed by atoms with E-state index in [0.717, 1.165) is 6.26 Å². The molecule has 1 aliphatic heterocycles. The first kappa shape index (κ1) is 9.21. The highest BCUT2D eigenvalue weighted by Gasteiger charge is 2.24. The molecular formula is C9H9NO3S. The SMILES string of the molecule is CS(=O)(=O)c1cccc2c1CC(=O)N2. The first-order chi connectivity index (χ1) is 6.48. The van der Waals surface area contributed by atoms with Crippen LogP contribution in [0.25, 0.3) is 0 Å². The minimum Gasteiger partial charge on any atom is -0.325 e. The van der Waals surface area contributed by atoms with Gasteiger partial charge in [-0.1, -0.05) is 6.07 Å². The summed E-state index contributed by atoms with van der Waals surface area (Å²) in [7, 11) is -3.24. The van der Waals surface area contributed by atoms with Crippen molar-refractivity contribution in [2.24, 2.45) is 0 Å². The fourth-order valence-corrected chi connectivity index (χ4v) is 2.52. The van der Waals surface area contributed by atoms with Crippen LogP contribution in [-0.4, -0.2) is 20.6 Å². The summed E-state index contributed by atoms with van der Waals surface area (Å²) in [5.41, 5.74) is 1.19. The Hall–Kier alpha value is -1.36. The number of carbonyl (C=O) groups excluding carboxylic acids is 1. The van der Waals surface area contributed by atoms with E-state index in [-0.39, 0.29) is 17.2 Å². The maximum atomic E-state index is 11.4. The molecule has 0 fully saturated rings. The molecule has 74 valence electrons. The van der Waals surface area contributed by atoms with Crippen molar-refractivity contribution in [3.63, 3.8) is 0 Å². The zero-order valence-electron chi connectivity index (χ0n) is 7.57. The number of sulfone groups is 1. The van der Waals surface area contributed by atoms with Gasteiger partial charge in [-0.05, 0) is 12.1 Å². The first-order valence-electron chi connectivity index (χ1n) is 4.10. The van der Waals surface area contributed by atoms with Gasteiger partial charge in [-0.2, -0.15) is 0 Å². The summed E-state index contributed by atoms with van der Waals surface area (Å²) >= 11 is 0. The van der Waals surface area contributed by atoms with Gasteiger partial charge in [-0.15, -0.1) is 0 Å². The molecule has 0 aliphatic carbocycles. The van der Waals surface area contributed by atoms with Gasteiger partial charge in [-0.25, -0.2) is 8.42 Å². The van der Waals surface area contributed by atoms with Crippen LogP contribution in [0.3, 0.4) is 0 Å². The van der Waals surface area contributed by atoms with E-state index in [0.29, 0.717) is 11.3 Å². The predicted octanol–water partition coefficient (Wildman–Crippen LogP) is 0.585. The molecular weight excluding hydrogens is 202 g/mol. The fourth-order valence-electron chi connectivity index (χ4n) is 1.57. The third-order valence-electron chi connectivity index (χ3n) is 2.14. The minimum atomic E-state index is -3.24. The van der Waals surface area contributed by atoms with Crippen molar-refractivity contribution in [2.45, 2.75) is 11.3 Å². The molecule has 0 atom stereocenters. The summed E-state index contributed by atoms with van der Waals surface area (Å²) in [6, 6.07) is 4.85. The van der Waals surface area contributed by atoms with E-state index in [1.165, 1.54) is 6.07 Å². The summed E-state index contributed by atoms with van der Waals surface area (Å²) in [5.74, 6) is -0.156. The van der Waals surface area contributed by atoms with E-state index in [1.807, 2.05) is 0 Å². The largest absolute Gasteiger partial charge is 0.325 e. The van der Waals surface area contributed by atoms with E-state index in [1.54, 1.807) is 12.1 Å². The molecule has 1 N–H and O–H groups in total. The van der Waals surface area contributed by atoms with Gasteiger partial charge in [0.05, 0.1) is 11.3 Å². The molecule has 0 unspecified atom stereocenters. The van der Waals surface area contributed by atoms with Crippen LogP contribution in [0.4, 0.5) is 5.69 Å². The lowest BCUT2D eigenvalue weighted by molar-refractivity contribution is -0.115. The van der Waals surface area contributed by atoms with E-state index in [2.05, 4.69) is 5.32 Å². The summed E-state index contributed by atoms with van der Waals surface area (Å²) in [6.45, 7) is 0. The summed E-state index contributed by atoms with van der Waals surface area (Å²) in [6.07, 6.45) is 1.30. The molecule has 1 aliphatic rings. The molecule has 0 spiro atoms. The van der Waals surface area contributed by atoms with Crippen molar-refractivity contribution in [3.8, 4) is 0 Å². The van der Waals surface area contributed by atoms with Crippen molar-refractivity contribution in [2.75, 3.05) is 11.6 Å². The van der Waals surface area contributed by atoms with Crippen LogP contribution < -0.4 is 5.32 Å². The van der Waals surface area contributed by atoms with Gasteiger partial charge in [-0.3, -0.25) is 4.79 Å². The molecule has 5 heteroatoms. The van der Waals surface area contributed by atoms with Crippen molar-refractivity contribution in [1.82, 2.24) is 0 Å². The Morgan fingerprint density at radius 1 is 1.36 bits per heavy atom. The molecule has 1 heterocycles. The Morgan fingerprint density at radius 2 is 2.07 bits per heavy atom. The number of nitrogens with one attached hydrogen (secondary N) is 1. The smallest absolute Gasteiger partial charge is 0.228 e. The molecule has 0 bridgehead atoms. The maximum absolute atomic E-state index is 11.4. The molecule has 0 saturated carbocycles. The van der Waals surface area contributed by atoms with Crippen LogP contribution >= 0.6 is 0 Å². The van der Waals surface area contributed by atoms with Crippen molar-refractivity contribution in [3.05, 3.63) is 23.8 Å². The molecule has 1 amide bonds. The van der Waals surface area contributed by atoms with Crippen LogP contribution in [0.2, 0.25) is 0 Å². The van der Waals surface area contributed by atoms with Crippen LogP contribution in [-0.2, 0) is 21.1 Å². The molecule has 14 heavy (non-hydrogen) atoms. The number of benzene rings is 1. The number of carbonyl (C=O) groups is 1. The minimum absolute atomic E-state index is 0.151. The summed E-state index contributed by atoms with van der Waals surface area (Å²) in [4.78, 5) is 11.3. The number of rotatable bonds is 1. The fraction of sp³-hybridized carbons (Fsp3) is 0.222. The second-order valence-corrected chi connectivity index (χ2v) is 5.26. The average molecular weight is 211 g/mol. The standard InChI is InChI=1S/C9H9NO3S/c1-14(12,13)8-4-2-3-7-6(8)5-9(11)10-7/h2-4H,5H2,1H3,(H,10,11). The van der Waals surface area contributed by atoms with Crippen LogP contribution in [0, 0.1) is 0 Å². The Labute approximate surface area is 81.9 Å². The van der Waals surface area contributed by atoms with E-state index < -0.39 is 9.84 Å². The Balaban J connectivity index is 2.67. The van der Waals surface area contributed by atoms with Gasteiger partial charge >= 0.3 is 0 Å². The third-order valence-corrected chi connectivity index (χ3v) is 3.33. The number of fused-ring (bicyclic) bond motifs is 1. The molecule has 0 aromatic heterocycles. The van der Waals surface area contributed by atoms with Crippen molar-refractivity contribution >= 4 is 21.4 Å². The highest BCUT2D eigenvalue weighted by Crippen LogP contribution is 2.28. The lowest BCUT2D eigenvalue weighted by Crippen LogP contribution is -2.04. The van der Waals surface area contributed by atoms with E-state index in [4.69, 9.17) is 0 Å². The van der Waals surface area contributed by atoms with E-state index >= 15 is 0 Å². The average Bonchev–Trinajstić information content (AvgIpc) is 2.41. The zero-order valence-corrected chi connectivity index (χ0v) is 8.39. The maximum Gasteiger partial charge on any atom is 0.228 e. The number of hydrogen-bond donors (Lipinski definition) is 1. The molecule has 0 radical (unpaired) electrons. The zero-order chi connectivity index (χ0) is 10.3. The number of amides is 1. The first-order valence-corrected chi connectivity index (χ1v) is 5.99. The lowest BCUT2D eigenvalue weighted by atomic mass is 10.2. The van der Waals surface area contributed by atoms with Crippen LogP contribution in [0.15, 0.2) is 23.1 Å². The van der Waals surface area contributed by atoms with Gasteiger partial charge < -0.3 is 5.32 Å². The molecule has 0 saturated heterocycles. The van der Waals surface area contributed by atoms with Crippen LogP contribution in [0.5, 0.6) is 0 Å². The van der Waals surface area contributed by atoms with Gasteiger partial charge in [0, 0.05) is 17.5 Å². The highest BCUT2D eigenvalue weighted by atomic mass is 32.2. The quantitative estimate of drug-likeness (QED) is 0.739.